The van der Waals surface area contributed by atoms with Crippen LogP contribution in [0.2, 0.25) is 0 Å². The molecular weight excluding hydrogens is 150 g/mol. The number of rotatable bonds is 4. The van der Waals surface area contributed by atoms with E-state index in [0.29, 0.717) is 6.42 Å². The van der Waals surface area contributed by atoms with Crippen LogP contribution < -0.4 is 0 Å². The zero-order valence-electron chi connectivity index (χ0n) is 6.89. The second-order valence-electron chi connectivity index (χ2n) is 2.24. The van der Waals surface area contributed by atoms with Crippen molar-refractivity contribution in [3.05, 3.63) is 0 Å². The molecule has 0 saturated heterocycles. The highest BCUT2D eigenvalue weighted by Crippen LogP contribution is 2.20. The minimum absolute atomic E-state index is 0.552. The van der Waals surface area contributed by atoms with Gasteiger partial charge in [0.15, 0.2) is 5.18 Å². The molecule has 0 aromatic rings. The molecule has 0 bridgehead atoms. The molecule has 0 saturated carbocycles. The minimum atomic E-state index is -1.14. The molecule has 10 heavy (non-hydrogen) atoms. The summed E-state index contributed by atoms with van der Waals surface area (Å²) in [5.74, 6) is 0. The Hall–Kier alpha value is 0.210. The summed E-state index contributed by atoms with van der Waals surface area (Å²) >= 11 is 5.77. The Labute approximate surface area is 67.8 Å². The lowest BCUT2D eigenvalue weighted by atomic mass is 10.3. The molecule has 1 N–H and O–H groups in total. The Morgan fingerprint density at radius 3 is 1.80 bits per heavy atom. The van der Waals surface area contributed by atoms with E-state index >= 15 is 0 Å². The quantitative estimate of drug-likeness (QED) is 0.389. The Bertz CT molecular complexity index is 91.6. The van der Waals surface area contributed by atoms with Gasteiger partial charge in [0.1, 0.15) is 0 Å². The van der Waals surface area contributed by atoms with Crippen LogP contribution in [0.15, 0.2) is 0 Å². The Kier molecular flexibility index (Phi) is 4.25. The molecule has 3 heteroatoms. The zero-order chi connectivity index (χ0) is 8.20. The van der Waals surface area contributed by atoms with Crippen molar-refractivity contribution in [2.45, 2.75) is 32.4 Å². The molecule has 0 aromatic heterocycles. The predicted octanol–water partition coefficient (Wildman–Crippen LogP) is 1.62. The normalized spacial score (nSPS) is 17.4. The molecule has 0 heterocycles. The topological polar surface area (TPSA) is 23.5 Å². The highest BCUT2D eigenvalue weighted by molar-refractivity contribution is 6.22. The van der Waals surface area contributed by atoms with Gasteiger partial charge in [-0.2, -0.15) is 0 Å². The van der Waals surface area contributed by atoms with Gasteiger partial charge in [-0.05, 0) is 13.1 Å². The predicted molar refractivity (Wildman–Crippen MR) is 44.0 cm³/mol. The van der Waals surface area contributed by atoms with Crippen LogP contribution in [0, 0.1) is 0 Å². The number of nitrogens with zero attached hydrogens (tertiary/aromatic N) is 1. The van der Waals surface area contributed by atoms with Crippen molar-refractivity contribution in [3.8, 4) is 0 Å². The molecule has 0 aliphatic rings. The van der Waals surface area contributed by atoms with Gasteiger partial charge in [-0.25, -0.2) is 0 Å². The first kappa shape index (κ1) is 10.2. The van der Waals surface area contributed by atoms with E-state index in [-0.39, 0.29) is 0 Å². The monoisotopic (exact) mass is 165 g/mol. The second-order valence-corrected chi connectivity index (χ2v) is 2.85. The summed E-state index contributed by atoms with van der Waals surface area (Å²) in [4.78, 5) is 1.81. The molecular formula is C7H16ClNO. The molecule has 0 radical (unpaired) electrons. The van der Waals surface area contributed by atoms with E-state index in [1.54, 1.807) is 0 Å². The van der Waals surface area contributed by atoms with Gasteiger partial charge in [0.25, 0.3) is 0 Å². The average Bonchev–Trinajstić information content (AvgIpc) is 1.90. The van der Waals surface area contributed by atoms with E-state index in [1.807, 2.05) is 25.7 Å². The van der Waals surface area contributed by atoms with Crippen LogP contribution in [0.1, 0.15) is 27.2 Å². The molecule has 62 valence electrons. The van der Waals surface area contributed by atoms with Crippen LogP contribution in [0.25, 0.3) is 0 Å². The van der Waals surface area contributed by atoms with Crippen molar-refractivity contribution in [1.29, 1.82) is 0 Å². The van der Waals surface area contributed by atoms with Crippen molar-refractivity contribution in [3.63, 3.8) is 0 Å². The van der Waals surface area contributed by atoms with Gasteiger partial charge in [-0.3, -0.25) is 4.90 Å². The lowest BCUT2D eigenvalue weighted by molar-refractivity contribution is -0.0332. The molecule has 0 amide bonds. The molecule has 2 nitrogen and oxygen atoms in total. The number of hydrogen-bond acceptors (Lipinski definition) is 2. The van der Waals surface area contributed by atoms with Crippen LogP contribution in [-0.4, -0.2) is 28.3 Å². The first-order valence-electron chi connectivity index (χ1n) is 3.74. The molecule has 1 atom stereocenters. The highest BCUT2D eigenvalue weighted by Gasteiger charge is 2.26. The summed E-state index contributed by atoms with van der Waals surface area (Å²) in [6, 6.07) is 0. The van der Waals surface area contributed by atoms with E-state index in [9.17, 15) is 5.11 Å². The van der Waals surface area contributed by atoms with Gasteiger partial charge < -0.3 is 5.11 Å². The van der Waals surface area contributed by atoms with Gasteiger partial charge in [0.05, 0.1) is 0 Å². The molecule has 0 aliphatic heterocycles. The maximum Gasteiger partial charge on any atom is 0.195 e. The smallest absolute Gasteiger partial charge is 0.195 e. The standard InChI is InChI=1S/C7H16ClNO/c1-4-7(8,10)9(5-2)6-3/h10H,4-6H2,1-3H3. The average molecular weight is 166 g/mol. The molecule has 0 rings (SSSR count). The Morgan fingerprint density at radius 2 is 1.70 bits per heavy atom. The molecule has 1 unspecified atom stereocenters. The fourth-order valence-corrected chi connectivity index (χ4v) is 1.17. The number of alkyl halides is 1. The van der Waals surface area contributed by atoms with Crippen molar-refractivity contribution in [2.75, 3.05) is 13.1 Å². The first-order valence-corrected chi connectivity index (χ1v) is 4.12. The SMILES string of the molecule is CCN(CC)C(O)(Cl)CC. The van der Waals surface area contributed by atoms with E-state index < -0.39 is 5.18 Å². The third-order valence-corrected chi connectivity index (χ3v) is 2.20. The van der Waals surface area contributed by atoms with Crippen molar-refractivity contribution in [2.24, 2.45) is 0 Å². The maximum absolute atomic E-state index is 9.47. The summed E-state index contributed by atoms with van der Waals surface area (Å²) in [7, 11) is 0. The van der Waals surface area contributed by atoms with Crippen LogP contribution in [0.5, 0.6) is 0 Å². The number of halogens is 1. The summed E-state index contributed by atoms with van der Waals surface area (Å²) < 4.78 is 0. The van der Waals surface area contributed by atoms with Gasteiger partial charge in [0, 0.05) is 6.42 Å². The van der Waals surface area contributed by atoms with Crippen LogP contribution in [0.3, 0.4) is 0 Å². The molecule has 0 fully saturated rings. The van der Waals surface area contributed by atoms with Gasteiger partial charge in [0.2, 0.25) is 0 Å². The van der Waals surface area contributed by atoms with Crippen molar-refractivity contribution >= 4 is 11.6 Å². The van der Waals surface area contributed by atoms with Crippen LogP contribution >= 0.6 is 11.6 Å². The lowest BCUT2D eigenvalue weighted by Gasteiger charge is -2.31. The summed E-state index contributed by atoms with van der Waals surface area (Å²) in [6.45, 7) is 7.39. The largest absolute Gasteiger partial charge is 0.363 e. The zero-order valence-corrected chi connectivity index (χ0v) is 7.65. The third kappa shape index (κ3) is 2.45. The van der Waals surface area contributed by atoms with Crippen molar-refractivity contribution in [1.82, 2.24) is 4.90 Å². The highest BCUT2D eigenvalue weighted by atomic mass is 35.5. The van der Waals surface area contributed by atoms with Crippen LogP contribution in [-0.2, 0) is 0 Å². The van der Waals surface area contributed by atoms with Gasteiger partial charge in [-0.1, -0.05) is 32.4 Å². The van der Waals surface area contributed by atoms with E-state index in [0.717, 1.165) is 13.1 Å². The fraction of sp³-hybridized carbons (Fsp3) is 1.00. The van der Waals surface area contributed by atoms with E-state index in [4.69, 9.17) is 11.6 Å². The number of hydrogen-bond donors (Lipinski definition) is 1. The maximum atomic E-state index is 9.47. The van der Waals surface area contributed by atoms with Crippen molar-refractivity contribution < 1.29 is 5.11 Å². The Balaban J connectivity index is 3.97. The first-order chi connectivity index (χ1) is 4.58. The lowest BCUT2D eigenvalue weighted by Crippen LogP contribution is -2.43. The second kappa shape index (κ2) is 4.16. The third-order valence-electron chi connectivity index (χ3n) is 1.70. The van der Waals surface area contributed by atoms with Gasteiger partial charge >= 0.3 is 0 Å². The summed E-state index contributed by atoms with van der Waals surface area (Å²) in [6.07, 6.45) is 0.552. The summed E-state index contributed by atoms with van der Waals surface area (Å²) in [5, 5.41) is 8.34. The minimum Gasteiger partial charge on any atom is -0.363 e. The molecule has 0 spiro atoms. The summed E-state index contributed by atoms with van der Waals surface area (Å²) in [5.41, 5.74) is 0. The fourth-order valence-electron chi connectivity index (χ4n) is 0.932. The molecule has 0 aromatic carbocycles. The van der Waals surface area contributed by atoms with Crippen LogP contribution in [0.4, 0.5) is 0 Å². The van der Waals surface area contributed by atoms with E-state index in [1.165, 1.54) is 0 Å². The Morgan fingerprint density at radius 1 is 1.30 bits per heavy atom. The van der Waals surface area contributed by atoms with E-state index in [2.05, 4.69) is 0 Å². The van der Waals surface area contributed by atoms with Gasteiger partial charge in [-0.15, -0.1) is 0 Å². The number of aliphatic hydroxyl groups is 1. The molecule has 0 aliphatic carbocycles.